The highest BCUT2D eigenvalue weighted by Crippen LogP contribution is 2.29. The molecule has 1 aromatic heterocycles. The molecule has 1 aromatic rings. The zero-order valence-electron chi connectivity index (χ0n) is 10.0. The van der Waals surface area contributed by atoms with Crippen molar-refractivity contribution in [2.75, 3.05) is 18.8 Å². The summed E-state index contributed by atoms with van der Waals surface area (Å²) in [6.45, 7) is 6.10. The van der Waals surface area contributed by atoms with E-state index in [9.17, 15) is 10.1 Å². The number of nitro groups is 1. The summed E-state index contributed by atoms with van der Waals surface area (Å²) in [4.78, 5) is 12.5. The zero-order valence-corrected chi connectivity index (χ0v) is 10.0. The molecule has 0 bridgehead atoms. The normalized spacial score (nSPS) is 21.2. The van der Waals surface area contributed by atoms with Crippen LogP contribution >= 0.6 is 0 Å². The van der Waals surface area contributed by atoms with Gasteiger partial charge in [0.05, 0.1) is 11.0 Å². The van der Waals surface area contributed by atoms with Crippen LogP contribution in [0, 0.1) is 10.1 Å². The molecule has 1 aliphatic rings. The third kappa shape index (κ3) is 2.10. The number of hydrogen-bond acceptors (Lipinski definition) is 5. The Hall–Kier alpha value is -1.63. The van der Waals surface area contributed by atoms with Gasteiger partial charge in [0.1, 0.15) is 6.20 Å². The van der Waals surface area contributed by atoms with Crippen molar-refractivity contribution in [1.82, 2.24) is 14.7 Å². The van der Waals surface area contributed by atoms with Crippen molar-refractivity contribution in [2.45, 2.75) is 32.4 Å². The van der Waals surface area contributed by atoms with Gasteiger partial charge in [0, 0.05) is 19.1 Å². The Morgan fingerprint density at radius 2 is 2.35 bits per heavy atom. The monoisotopic (exact) mass is 239 g/mol. The third-order valence-corrected chi connectivity index (χ3v) is 3.28. The van der Waals surface area contributed by atoms with Gasteiger partial charge in [-0.05, 0) is 20.3 Å². The van der Waals surface area contributed by atoms with Gasteiger partial charge in [0.25, 0.3) is 0 Å². The Morgan fingerprint density at radius 1 is 1.65 bits per heavy atom. The van der Waals surface area contributed by atoms with Gasteiger partial charge in [-0.2, -0.15) is 5.10 Å². The molecule has 0 aliphatic carbocycles. The van der Waals surface area contributed by atoms with Crippen LogP contribution in [-0.2, 0) is 0 Å². The summed E-state index contributed by atoms with van der Waals surface area (Å²) in [6, 6.07) is 0.623. The first-order chi connectivity index (χ1) is 8.00. The largest absolute Gasteiger partial charge is 0.378 e. The second-order valence-electron chi connectivity index (χ2n) is 4.65. The van der Waals surface area contributed by atoms with Crippen LogP contribution in [0.3, 0.4) is 0 Å². The minimum Gasteiger partial charge on any atom is -0.378 e. The van der Waals surface area contributed by atoms with Crippen molar-refractivity contribution in [3.8, 4) is 0 Å². The average Bonchev–Trinajstić information content (AvgIpc) is 2.82. The number of nitrogen functional groups attached to an aromatic ring is 1. The maximum absolute atomic E-state index is 10.7. The van der Waals surface area contributed by atoms with Gasteiger partial charge in [-0.15, -0.1) is 0 Å². The molecule has 2 N–H and O–H groups in total. The highest BCUT2D eigenvalue weighted by atomic mass is 16.6. The van der Waals surface area contributed by atoms with Crippen molar-refractivity contribution in [3.63, 3.8) is 0 Å². The average molecular weight is 239 g/mol. The van der Waals surface area contributed by atoms with Gasteiger partial charge in [-0.25, -0.2) is 4.68 Å². The molecule has 7 nitrogen and oxygen atoms in total. The van der Waals surface area contributed by atoms with Crippen LogP contribution < -0.4 is 5.73 Å². The van der Waals surface area contributed by atoms with E-state index >= 15 is 0 Å². The van der Waals surface area contributed by atoms with Crippen LogP contribution in [0.4, 0.5) is 11.5 Å². The molecule has 1 unspecified atom stereocenters. The molecule has 17 heavy (non-hydrogen) atoms. The minimum atomic E-state index is -0.492. The fourth-order valence-corrected chi connectivity index (χ4v) is 2.23. The molecule has 0 amide bonds. The molecule has 1 aliphatic heterocycles. The van der Waals surface area contributed by atoms with E-state index in [2.05, 4.69) is 23.8 Å². The van der Waals surface area contributed by atoms with Gasteiger partial charge in [-0.3, -0.25) is 15.0 Å². The minimum absolute atomic E-state index is 0.104. The van der Waals surface area contributed by atoms with Crippen LogP contribution in [0.15, 0.2) is 6.20 Å². The van der Waals surface area contributed by atoms with Gasteiger partial charge < -0.3 is 5.73 Å². The Labute approximate surface area is 99.3 Å². The number of nitrogens with two attached hydrogens (primary N) is 1. The van der Waals surface area contributed by atoms with E-state index in [1.807, 2.05) is 0 Å². The number of hydrogen-bond donors (Lipinski definition) is 1. The fraction of sp³-hybridized carbons (Fsp3) is 0.700. The van der Waals surface area contributed by atoms with E-state index in [-0.39, 0.29) is 17.5 Å². The number of anilines is 1. The summed E-state index contributed by atoms with van der Waals surface area (Å²) in [5.41, 5.74) is 5.64. The van der Waals surface area contributed by atoms with Crippen LogP contribution in [-0.4, -0.2) is 38.7 Å². The Bertz CT molecular complexity index is 428. The van der Waals surface area contributed by atoms with E-state index < -0.39 is 4.92 Å². The molecular formula is C10H17N5O2. The SMILES string of the molecule is CC(C)N1CCC(n2ncc([N+](=O)[O-])c2N)C1. The van der Waals surface area contributed by atoms with E-state index in [0.717, 1.165) is 19.5 Å². The molecule has 0 saturated carbocycles. The van der Waals surface area contributed by atoms with E-state index in [1.165, 1.54) is 6.20 Å². The number of nitrogens with zero attached hydrogens (tertiary/aromatic N) is 4. The predicted octanol–water partition coefficient (Wildman–Crippen LogP) is 1.03. The second kappa shape index (κ2) is 4.33. The summed E-state index contributed by atoms with van der Waals surface area (Å²) in [6.07, 6.45) is 2.16. The highest BCUT2D eigenvalue weighted by Gasteiger charge is 2.29. The molecule has 2 rings (SSSR count). The first-order valence-electron chi connectivity index (χ1n) is 5.72. The summed E-state index contributed by atoms with van der Waals surface area (Å²) < 4.78 is 1.58. The smallest absolute Gasteiger partial charge is 0.330 e. The van der Waals surface area contributed by atoms with Crippen LogP contribution in [0.2, 0.25) is 0 Å². The standard InChI is InChI=1S/C10H17N5O2/c1-7(2)13-4-3-8(6-13)14-10(11)9(5-12-14)15(16)17/h5,7-8H,3-4,6,11H2,1-2H3. The first-order valence-corrected chi connectivity index (χ1v) is 5.72. The summed E-state index contributed by atoms with van der Waals surface area (Å²) in [5, 5.41) is 14.7. The summed E-state index contributed by atoms with van der Waals surface area (Å²) in [7, 11) is 0. The lowest BCUT2D eigenvalue weighted by molar-refractivity contribution is -0.384. The molecule has 1 atom stereocenters. The Kier molecular flexibility index (Phi) is 3.01. The zero-order chi connectivity index (χ0) is 12.6. The van der Waals surface area contributed by atoms with Crippen LogP contribution in [0.25, 0.3) is 0 Å². The van der Waals surface area contributed by atoms with Crippen molar-refractivity contribution >= 4 is 11.5 Å². The van der Waals surface area contributed by atoms with Crippen molar-refractivity contribution in [3.05, 3.63) is 16.3 Å². The summed E-state index contributed by atoms with van der Waals surface area (Å²) >= 11 is 0. The first kappa shape index (κ1) is 11.8. The molecule has 0 radical (unpaired) electrons. The molecule has 1 saturated heterocycles. The Morgan fingerprint density at radius 3 is 2.82 bits per heavy atom. The van der Waals surface area contributed by atoms with Gasteiger partial charge in [-0.1, -0.05) is 0 Å². The highest BCUT2D eigenvalue weighted by molar-refractivity contribution is 5.51. The molecular weight excluding hydrogens is 222 g/mol. The van der Waals surface area contributed by atoms with Gasteiger partial charge in [0.2, 0.25) is 5.82 Å². The van der Waals surface area contributed by atoms with Crippen molar-refractivity contribution < 1.29 is 4.92 Å². The molecule has 7 heteroatoms. The van der Waals surface area contributed by atoms with Crippen molar-refractivity contribution in [2.24, 2.45) is 0 Å². The molecule has 1 fully saturated rings. The lowest BCUT2D eigenvalue weighted by Crippen LogP contribution is -2.29. The maximum Gasteiger partial charge on any atom is 0.330 e. The van der Waals surface area contributed by atoms with Crippen molar-refractivity contribution in [1.29, 1.82) is 0 Å². The predicted molar refractivity (Wildman–Crippen MR) is 63.7 cm³/mol. The second-order valence-corrected chi connectivity index (χ2v) is 4.65. The number of likely N-dealkylation sites (tertiary alicyclic amines) is 1. The number of aromatic nitrogens is 2. The molecule has 2 heterocycles. The van der Waals surface area contributed by atoms with E-state index in [0.29, 0.717) is 6.04 Å². The Balaban J connectivity index is 2.17. The lowest BCUT2D eigenvalue weighted by Gasteiger charge is -2.20. The van der Waals surface area contributed by atoms with E-state index in [4.69, 9.17) is 5.73 Å². The quantitative estimate of drug-likeness (QED) is 0.628. The van der Waals surface area contributed by atoms with Crippen LogP contribution in [0.5, 0.6) is 0 Å². The molecule has 94 valence electrons. The van der Waals surface area contributed by atoms with Gasteiger partial charge >= 0.3 is 5.69 Å². The lowest BCUT2D eigenvalue weighted by atomic mass is 10.3. The van der Waals surface area contributed by atoms with Crippen LogP contribution in [0.1, 0.15) is 26.3 Å². The fourth-order valence-electron chi connectivity index (χ4n) is 2.23. The summed E-state index contributed by atoms with van der Waals surface area (Å²) in [5.74, 6) is 0.158. The van der Waals surface area contributed by atoms with E-state index in [1.54, 1.807) is 4.68 Å². The topological polar surface area (TPSA) is 90.2 Å². The molecule has 0 aromatic carbocycles. The third-order valence-electron chi connectivity index (χ3n) is 3.28. The maximum atomic E-state index is 10.7. The van der Waals surface area contributed by atoms with Gasteiger partial charge in [0.15, 0.2) is 0 Å². The molecule has 0 spiro atoms. The number of rotatable bonds is 3.